The average molecular weight is 322 g/mol. The molecule has 96 valence electrons. The summed E-state index contributed by atoms with van der Waals surface area (Å²) in [7, 11) is 1.90. The van der Waals surface area contributed by atoms with Crippen LogP contribution in [-0.2, 0) is 0 Å². The summed E-state index contributed by atoms with van der Waals surface area (Å²) < 4.78 is 0.968. The van der Waals surface area contributed by atoms with Crippen LogP contribution >= 0.6 is 28.3 Å². The first-order valence-electron chi connectivity index (χ1n) is 5.34. The third-order valence-corrected chi connectivity index (χ3v) is 3.26. The van der Waals surface area contributed by atoms with Crippen LogP contribution in [0.4, 0.5) is 0 Å². The second-order valence-electron chi connectivity index (χ2n) is 3.63. The molecule has 1 aromatic rings. The molecule has 1 rings (SSSR count). The maximum absolute atomic E-state index is 11.8. The number of rotatable bonds is 5. The Bertz CT molecular complexity index is 372. The number of carbonyl (C=O) groups is 1. The van der Waals surface area contributed by atoms with Gasteiger partial charge in [-0.2, -0.15) is 0 Å². The van der Waals surface area contributed by atoms with Gasteiger partial charge in [0.25, 0.3) is 5.91 Å². The van der Waals surface area contributed by atoms with Gasteiger partial charge in [0.1, 0.15) is 0 Å². The molecule has 1 aromatic carbocycles. The summed E-state index contributed by atoms with van der Waals surface area (Å²) in [6.07, 6.45) is 0.940. The van der Waals surface area contributed by atoms with Gasteiger partial charge >= 0.3 is 0 Å². The molecule has 1 amide bonds. The van der Waals surface area contributed by atoms with E-state index in [0.29, 0.717) is 6.54 Å². The van der Waals surface area contributed by atoms with E-state index in [4.69, 9.17) is 0 Å². The van der Waals surface area contributed by atoms with Crippen LogP contribution < -0.4 is 10.6 Å². The minimum atomic E-state index is -0.00472. The minimum absolute atomic E-state index is 0. The van der Waals surface area contributed by atoms with Crippen molar-refractivity contribution in [3.8, 4) is 0 Å². The fourth-order valence-electron chi connectivity index (χ4n) is 1.42. The van der Waals surface area contributed by atoms with Crippen molar-refractivity contribution in [1.82, 2.24) is 10.6 Å². The summed E-state index contributed by atoms with van der Waals surface area (Å²) in [5.41, 5.74) is 1.72. The molecule has 3 nitrogen and oxygen atoms in total. The summed E-state index contributed by atoms with van der Waals surface area (Å²) in [5.74, 6) is -0.00472. The van der Waals surface area contributed by atoms with Crippen LogP contribution in [0.2, 0.25) is 0 Å². The first-order chi connectivity index (χ1) is 7.66. The molecule has 5 heteroatoms. The normalized spacial score (nSPS) is 9.59. The van der Waals surface area contributed by atoms with Crippen LogP contribution in [0.15, 0.2) is 22.7 Å². The molecule has 0 unspecified atom stereocenters. The van der Waals surface area contributed by atoms with Gasteiger partial charge in [-0.15, -0.1) is 12.4 Å². The Balaban J connectivity index is 0.00000256. The largest absolute Gasteiger partial charge is 0.352 e. The van der Waals surface area contributed by atoms with Crippen LogP contribution in [0.25, 0.3) is 0 Å². The molecular weight excluding hydrogens is 304 g/mol. The molecule has 0 saturated carbocycles. The van der Waals surface area contributed by atoms with Crippen LogP contribution in [0.5, 0.6) is 0 Å². The SMILES string of the molecule is CNCCCNC(=O)c1cccc(Br)c1C.Cl. The Labute approximate surface area is 117 Å². The number of benzene rings is 1. The van der Waals surface area contributed by atoms with Gasteiger partial charge in [0.05, 0.1) is 0 Å². The van der Waals surface area contributed by atoms with E-state index in [-0.39, 0.29) is 18.3 Å². The molecule has 0 heterocycles. The summed E-state index contributed by atoms with van der Waals surface area (Å²) in [6.45, 7) is 3.55. The molecule has 0 bridgehead atoms. The topological polar surface area (TPSA) is 41.1 Å². The molecule has 0 aliphatic carbocycles. The highest BCUT2D eigenvalue weighted by Gasteiger charge is 2.09. The lowest BCUT2D eigenvalue weighted by molar-refractivity contribution is 0.0952. The van der Waals surface area contributed by atoms with Crippen molar-refractivity contribution in [3.05, 3.63) is 33.8 Å². The number of carbonyl (C=O) groups excluding carboxylic acids is 1. The highest BCUT2D eigenvalue weighted by molar-refractivity contribution is 9.10. The molecule has 17 heavy (non-hydrogen) atoms. The van der Waals surface area contributed by atoms with E-state index in [1.165, 1.54) is 0 Å². The van der Waals surface area contributed by atoms with Crippen molar-refractivity contribution in [3.63, 3.8) is 0 Å². The van der Waals surface area contributed by atoms with E-state index >= 15 is 0 Å². The van der Waals surface area contributed by atoms with Gasteiger partial charge in [0, 0.05) is 16.6 Å². The van der Waals surface area contributed by atoms with Crippen LogP contribution in [0.1, 0.15) is 22.3 Å². The molecule has 0 atom stereocenters. The third-order valence-electron chi connectivity index (χ3n) is 2.40. The summed E-state index contributed by atoms with van der Waals surface area (Å²) in [5, 5.41) is 5.94. The molecule has 0 spiro atoms. The van der Waals surface area contributed by atoms with Crippen molar-refractivity contribution in [2.24, 2.45) is 0 Å². The monoisotopic (exact) mass is 320 g/mol. The number of halogens is 2. The van der Waals surface area contributed by atoms with Gasteiger partial charge in [-0.25, -0.2) is 0 Å². The number of amides is 1. The van der Waals surface area contributed by atoms with E-state index in [9.17, 15) is 4.79 Å². The van der Waals surface area contributed by atoms with E-state index in [0.717, 1.165) is 28.6 Å². The highest BCUT2D eigenvalue weighted by atomic mass is 79.9. The van der Waals surface area contributed by atoms with Crippen molar-refractivity contribution in [1.29, 1.82) is 0 Å². The zero-order valence-electron chi connectivity index (χ0n) is 10.0. The Morgan fingerprint density at radius 2 is 2.06 bits per heavy atom. The predicted octanol–water partition coefficient (Wildman–Crippen LogP) is 2.52. The second kappa shape index (κ2) is 8.50. The van der Waals surface area contributed by atoms with Crippen LogP contribution in [0.3, 0.4) is 0 Å². The van der Waals surface area contributed by atoms with Crippen molar-refractivity contribution < 1.29 is 4.79 Å². The standard InChI is InChI=1S/C12H17BrN2O.ClH/c1-9-10(5-3-6-11(9)13)12(16)15-8-4-7-14-2;/h3,5-6,14H,4,7-8H2,1-2H3,(H,15,16);1H. The molecule has 0 fully saturated rings. The van der Waals surface area contributed by atoms with E-state index in [2.05, 4.69) is 26.6 Å². The summed E-state index contributed by atoms with van der Waals surface area (Å²) in [4.78, 5) is 11.8. The maximum atomic E-state index is 11.8. The summed E-state index contributed by atoms with van der Waals surface area (Å²) in [6, 6.07) is 5.65. The molecule has 0 aliphatic heterocycles. The summed E-state index contributed by atoms with van der Waals surface area (Å²) >= 11 is 3.42. The van der Waals surface area contributed by atoms with E-state index in [1.54, 1.807) is 0 Å². The lowest BCUT2D eigenvalue weighted by atomic mass is 10.1. The zero-order valence-corrected chi connectivity index (χ0v) is 12.5. The molecule has 0 aromatic heterocycles. The molecule has 0 aliphatic rings. The van der Waals surface area contributed by atoms with Crippen molar-refractivity contribution in [2.75, 3.05) is 20.1 Å². The highest BCUT2D eigenvalue weighted by Crippen LogP contribution is 2.19. The van der Waals surface area contributed by atoms with E-state index in [1.807, 2.05) is 32.2 Å². The first kappa shape index (κ1) is 16.4. The molecule has 0 saturated heterocycles. The van der Waals surface area contributed by atoms with Gasteiger partial charge < -0.3 is 10.6 Å². The van der Waals surface area contributed by atoms with E-state index < -0.39 is 0 Å². The zero-order chi connectivity index (χ0) is 12.0. The number of hydrogen-bond donors (Lipinski definition) is 2. The predicted molar refractivity (Wildman–Crippen MR) is 77.0 cm³/mol. The van der Waals surface area contributed by atoms with Crippen molar-refractivity contribution >= 4 is 34.2 Å². The lowest BCUT2D eigenvalue weighted by Crippen LogP contribution is -2.27. The fourth-order valence-corrected chi connectivity index (χ4v) is 1.78. The van der Waals surface area contributed by atoms with Gasteiger partial charge in [0.15, 0.2) is 0 Å². The van der Waals surface area contributed by atoms with Gasteiger partial charge in [-0.05, 0) is 44.6 Å². The molecule has 2 N–H and O–H groups in total. The Morgan fingerprint density at radius 3 is 2.71 bits per heavy atom. The quantitative estimate of drug-likeness (QED) is 0.818. The first-order valence-corrected chi connectivity index (χ1v) is 6.14. The Hall–Kier alpha value is -0.580. The van der Waals surface area contributed by atoms with Gasteiger partial charge in [-0.1, -0.05) is 22.0 Å². The minimum Gasteiger partial charge on any atom is -0.352 e. The number of hydrogen-bond acceptors (Lipinski definition) is 2. The van der Waals surface area contributed by atoms with Gasteiger partial charge in [0.2, 0.25) is 0 Å². The molecular formula is C12H18BrClN2O. The Morgan fingerprint density at radius 1 is 1.35 bits per heavy atom. The second-order valence-corrected chi connectivity index (χ2v) is 4.48. The maximum Gasteiger partial charge on any atom is 0.251 e. The van der Waals surface area contributed by atoms with Crippen molar-refractivity contribution in [2.45, 2.75) is 13.3 Å². The molecule has 0 radical (unpaired) electrons. The smallest absolute Gasteiger partial charge is 0.251 e. The fraction of sp³-hybridized carbons (Fsp3) is 0.417. The Kier molecular flexibility index (Phi) is 8.21. The number of nitrogens with one attached hydrogen (secondary N) is 2. The average Bonchev–Trinajstić information content (AvgIpc) is 2.28. The van der Waals surface area contributed by atoms with Crippen LogP contribution in [0, 0.1) is 6.92 Å². The van der Waals surface area contributed by atoms with Gasteiger partial charge in [-0.3, -0.25) is 4.79 Å². The third kappa shape index (κ3) is 5.06. The van der Waals surface area contributed by atoms with Crippen LogP contribution in [-0.4, -0.2) is 26.0 Å². The lowest BCUT2D eigenvalue weighted by Gasteiger charge is -2.08.